The van der Waals surface area contributed by atoms with E-state index in [2.05, 4.69) is 15.0 Å². The van der Waals surface area contributed by atoms with Crippen LogP contribution in [0.15, 0.2) is 24.5 Å². The molecule has 2 fully saturated rings. The van der Waals surface area contributed by atoms with Gasteiger partial charge in [-0.15, -0.1) is 0 Å². The van der Waals surface area contributed by atoms with Crippen LogP contribution in [-0.2, 0) is 17.9 Å². The number of hydrogen-bond donors (Lipinski definition) is 0. The molecule has 150 valence electrons. The van der Waals surface area contributed by atoms with Crippen molar-refractivity contribution >= 4 is 17.5 Å². The summed E-state index contributed by atoms with van der Waals surface area (Å²) in [5.41, 5.74) is 1.31. The van der Waals surface area contributed by atoms with E-state index in [0.29, 0.717) is 18.8 Å². The summed E-state index contributed by atoms with van der Waals surface area (Å²) >= 11 is 6.12. The molecule has 2 aromatic heterocycles. The minimum atomic E-state index is -2.74. The van der Waals surface area contributed by atoms with E-state index in [-0.39, 0.29) is 23.4 Å². The van der Waals surface area contributed by atoms with Gasteiger partial charge in [0, 0.05) is 51.0 Å². The monoisotopic (exact) mass is 409 g/mol. The lowest BCUT2D eigenvalue weighted by Gasteiger charge is -2.34. The number of halogens is 3. The van der Waals surface area contributed by atoms with E-state index in [1.807, 2.05) is 18.3 Å². The Balaban J connectivity index is 1.37. The third-order valence-corrected chi connectivity index (χ3v) is 5.65. The molecule has 0 aromatic carbocycles. The molecule has 3 heterocycles. The summed E-state index contributed by atoms with van der Waals surface area (Å²) in [7, 11) is 0. The van der Waals surface area contributed by atoms with Crippen molar-refractivity contribution in [1.29, 1.82) is 0 Å². The Morgan fingerprint density at radius 2 is 2.00 bits per heavy atom. The Kier molecular flexibility index (Phi) is 5.59. The highest BCUT2D eigenvalue weighted by atomic mass is 35.5. The van der Waals surface area contributed by atoms with Gasteiger partial charge in [0.15, 0.2) is 0 Å². The molecule has 0 spiro atoms. The smallest absolute Gasteiger partial charge is 0.283 e. The first-order valence-electron chi connectivity index (χ1n) is 9.46. The van der Waals surface area contributed by atoms with Gasteiger partial charge < -0.3 is 4.90 Å². The Hall–Kier alpha value is -2.06. The number of amides is 1. The van der Waals surface area contributed by atoms with Gasteiger partial charge in [-0.3, -0.25) is 19.4 Å². The first-order chi connectivity index (χ1) is 13.5. The number of nitrogens with zero attached hydrogens (tertiary/aromatic N) is 5. The summed E-state index contributed by atoms with van der Waals surface area (Å²) in [6, 6.07) is 3.95. The van der Waals surface area contributed by atoms with Crippen LogP contribution in [0.25, 0.3) is 0 Å². The molecule has 0 radical (unpaired) electrons. The molecule has 1 saturated heterocycles. The number of piperazine rings is 1. The number of hydrogen-bond acceptors (Lipinski definition) is 4. The fraction of sp³-hybridized carbons (Fsp3) is 0.526. The number of alkyl halides is 2. The molecule has 2 aliphatic rings. The number of carbonyl (C=O) groups excluding carboxylic acids is 1. The van der Waals surface area contributed by atoms with Crippen LogP contribution in [0.4, 0.5) is 8.78 Å². The first-order valence-corrected chi connectivity index (χ1v) is 9.84. The van der Waals surface area contributed by atoms with Crippen molar-refractivity contribution in [2.75, 3.05) is 26.2 Å². The van der Waals surface area contributed by atoms with E-state index in [9.17, 15) is 13.6 Å². The SMILES string of the molecule is O=C(Cn1nc(C(F)F)c(Cl)c1C1CC1)N1CCN(Cc2cccnc2)CC1. The van der Waals surface area contributed by atoms with Crippen LogP contribution in [0.1, 0.15) is 42.1 Å². The van der Waals surface area contributed by atoms with Crippen LogP contribution < -0.4 is 0 Å². The maximum Gasteiger partial charge on any atom is 0.283 e. The fourth-order valence-electron chi connectivity index (χ4n) is 3.61. The molecule has 28 heavy (non-hydrogen) atoms. The highest BCUT2D eigenvalue weighted by Gasteiger charge is 2.35. The van der Waals surface area contributed by atoms with E-state index in [1.54, 1.807) is 11.1 Å². The van der Waals surface area contributed by atoms with Crippen molar-refractivity contribution in [3.05, 3.63) is 46.5 Å². The van der Waals surface area contributed by atoms with Crippen molar-refractivity contribution in [1.82, 2.24) is 24.6 Å². The molecule has 1 saturated carbocycles. The van der Waals surface area contributed by atoms with E-state index < -0.39 is 12.1 Å². The van der Waals surface area contributed by atoms with Crippen molar-refractivity contribution < 1.29 is 13.6 Å². The standard InChI is InChI=1S/C19H22ClF2N5O/c20-16-17(19(21)22)24-27(18(16)14-3-4-14)12-15(28)26-8-6-25(7-9-26)11-13-2-1-5-23-10-13/h1-2,5,10,14,19H,3-4,6-9,11-12H2. The Morgan fingerprint density at radius 3 is 2.61 bits per heavy atom. The molecule has 2 aromatic rings. The number of rotatable bonds is 6. The summed E-state index contributed by atoms with van der Waals surface area (Å²) in [5.74, 6) is 0.0274. The van der Waals surface area contributed by atoms with Gasteiger partial charge in [0.25, 0.3) is 6.43 Å². The van der Waals surface area contributed by atoms with E-state index in [4.69, 9.17) is 11.6 Å². The van der Waals surface area contributed by atoms with Crippen molar-refractivity contribution in [3.8, 4) is 0 Å². The topological polar surface area (TPSA) is 54.3 Å². The molecule has 0 unspecified atom stereocenters. The van der Waals surface area contributed by atoms with Gasteiger partial charge in [0.05, 0.1) is 10.7 Å². The summed E-state index contributed by atoms with van der Waals surface area (Å²) in [5, 5.41) is 3.97. The summed E-state index contributed by atoms with van der Waals surface area (Å²) in [4.78, 5) is 20.9. The Bertz CT molecular complexity index is 832. The molecule has 6 nitrogen and oxygen atoms in total. The van der Waals surface area contributed by atoms with Gasteiger partial charge in [-0.1, -0.05) is 17.7 Å². The zero-order valence-corrected chi connectivity index (χ0v) is 16.2. The van der Waals surface area contributed by atoms with Gasteiger partial charge in [0.1, 0.15) is 12.2 Å². The molecular weight excluding hydrogens is 388 g/mol. The predicted octanol–water partition coefficient (Wildman–Crippen LogP) is 3.09. The van der Waals surface area contributed by atoms with Crippen LogP contribution >= 0.6 is 11.6 Å². The highest BCUT2D eigenvalue weighted by Crippen LogP contribution is 2.45. The van der Waals surface area contributed by atoms with Gasteiger partial charge in [-0.2, -0.15) is 5.10 Å². The summed E-state index contributed by atoms with van der Waals surface area (Å²) < 4.78 is 27.7. The lowest BCUT2D eigenvalue weighted by molar-refractivity contribution is -0.133. The minimum Gasteiger partial charge on any atom is -0.339 e. The lowest BCUT2D eigenvalue weighted by Crippen LogP contribution is -2.49. The second-order valence-corrected chi connectivity index (χ2v) is 7.71. The van der Waals surface area contributed by atoms with Gasteiger partial charge >= 0.3 is 0 Å². The average Bonchev–Trinajstić information content (AvgIpc) is 3.47. The first kappa shape index (κ1) is 19.3. The quantitative estimate of drug-likeness (QED) is 0.735. The maximum atomic E-state index is 13.2. The second kappa shape index (κ2) is 8.13. The fourth-order valence-corrected chi connectivity index (χ4v) is 3.98. The van der Waals surface area contributed by atoms with E-state index in [0.717, 1.165) is 38.0 Å². The molecular formula is C19H22ClF2N5O. The minimum absolute atomic E-state index is 0.0200. The van der Waals surface area contributed by atoms with E-state index in [1.165, 1.54) is 4.68 Å². The summed E-state index contributed by atoms with van der Waals surface area (Å²) in [6.07, 6.45) is 2.65. The number of carbonyl (C=O) groups is 1. The molecule has 1 aliphatic carbocycles. The highest BCUT2D eigenvalue weighted by molar-refractivity contribution is 6.32. The van der Waals surface area contributed by atoms with Crippen LogP contribution in [-0.4, -0.2) is 56.7 Å². The molecule has 0 N–H and O–H groups in total. The largest absolute Gasteiger partial charge is 0.339 e. The van der Waals surface area contributed by atoms with Gasteiger partial charge in [-0.05, 0) is 24.5 Å². The molecule has 0 bridgehead atoms. The summed E-state index contributed by atoms with van der Waals surface area (Å²) in [6.45, 7) is 3.49. The van der Waals surface area contributed by atoms with Crippen LogP contribution in [0, 0.1) is 0 Å². The zero-order valence-electron chi connectivity index (χ0n) is 15.4. The normalized spacial score (nSPS) is 18.1. The van der Waals surface area contributed by atoms with Crippen LogP contribution in [0.5, 0.6) is 0 Å². The second-order valence-electron chi connectivity index (χ2n) is 7.34. The van der Waals surface area contributed by atoms with E-state index >= 15 is 0 Å². The van der Waals surface area contributed by atoms with Gasteiger partial charge in [0.2, 0.25) is 5.91 Å². The zero-order chi connectivity index (χ0) is 19.7. The molecule has 1 amide bonds. The molecule has 1 aliphatic heterocycles. The molecule has 4 rings (SSSR count). The van der Waals surface area contributed by atoms with Crippen molar-refractivity contribution in [2.24, 2.45) is 0 Å². The predicted molar refractivity (Wildman–Crippen MR) is 100 cm³/mol. The molecule has 9 heteroatoms. The van der Waals surface area contributed by atoms with Gasteiger partial charge in [-0.25, -0.2) is 8.78 Å². The van der Waals surface area contributed by atoms with Crippen LogP contribution in [0.3, 0.4) is 0 Å². The Labute approximate surface area is 167 Å². The van der Waals surface area contributed by atoms with Crippen molar-refractivity contribution in [2.45, 2.75) is 38.3 Å². The van der Waals surface area contributed by atoms with Crippen molar-refractivity contribution in [3.63, 3.8) is 0 Å². The molecule has 0 atom stereocenters. The third-order valence-electron chi connectivity index (χ3n) is 5.27. The van der Waals surface area contributed by atoms with Crippen LogP contribution in [0.2, 0.25) is 5.02 Å². The maximum absolute atomic E-state index is 13.2. The number of aromatic nitrogens is 3. The third kappa shape index (κ3) is 4.17. The lowest BCUT2D eigenvalue weighted by atomic mass is 10.2. The Morgan fingerprint density at radius 1 is 1.25 bits per heavy atom. The number of pyridine rings is 1. The average molecular weight is 410 g/mol.